The fraction of sp³-hybridized carbons (Fsp3) is 0.235. The number of nitrogens with zero attached hydrogens (tertiary/aromatic N) is 1. The number of benzene rings is 1. The Balaban J connectivity index is 2.53. The van der Waals surface area contributed by atoms with Crippen LogP contribution in [0.4, 0.5) is 0 Å². The summed E-state index contributed by atoms with van der Waals surface area (Å²) in [6, 6.07) is 11.3. The molecule has 1 aromatic heterocycles. The van der Waals surface area contributed by atoms with E-state index in [1.807, 2.05) is 48.9 Å². The van der Waals surface area contributed by atoms with Crippen LogP contribution in [-0.4, -0.2) is 18.3 Å². The number of aryl methyl sites for hydroxylation is 1. The summed E-state index contributed by atoms with van der Waals surface area (Å²) in [6.45, 7) is 2.36. The number of aromatic nitrogens is 1. The summed E-state index contributed by atoms with van der Waals surface area (Å²) in [4.78, 5) is 12.6. The highest BCUT2D eigenvalue weighted by molar-refractivity contribution is 6.08. The smallest absolute Gasteiger partial charge is 0.206 e. The lowest BCUT2D eigenvalue weighted by atomic mass is 10.2. The van der Waals surface area contributed by atoms with Gasteiger partial charge in [0.15, 0.2) is 11.5 Å². The van der Waals surface area contributed by atoms with Gasteiger partial charge in [-0.1, -0.05) is 18.2 Å². The molecule has 1 heterocycles. The summed E-state index contributed by atoms with van der Waals surface area (Å²) in [5.41, 5.74) is 1.60. The van der Waals surface area contributed by atoms with Crippen LogP contribution in [-0.2, 0) is 7.05 Å². The molecule has 0 spiro atoms. The SMILES string of the molecule is CCOc1cc(=O)c2c(cc1OC)c1ccccc1n2C. The predicted octanol–water partition coefficient (Wildman–Crippen LogP) is 3.10. The van der Waals surface area contributed by atoms with Gasteiger partial charge in [0.25, 0.3) is 0 Å². The van der Waals surface area contributed by atoms with E-state index < -0.39 is 0 Å². The third-order valence-electron chi connectivity index (χ3n) is 3.68. The number of methoxy groups -OCH3 is 1. The van der Waals surface area contributed by atoms with E-state index in [1.54, 1.807) is 7.11 Å². The van der Waals surface area contributed by atoms with E-state index >= 15 is 0 Å². The molecule has 0 N–H and O–H groups in total. The molecule has 3 aromatic rings. The van der Waals surface area contributed by atoms with Crippen LogP contribution in [0.3, 0.4) is 0 Å². The van der Waals surface area contributed by atoms with Crippen molar-refractivity contribution in [2.75, 3.05) is 13.7 Å². The van der Waals surface area contributed by atoms with Crippen LogP contribution in [0, 0.1) is 0 Å². The molecule has 0 aliphatic carbocycles. The molecule has 0 bridgehead atoms. The Labute approximate surface area is 122 Å². The van der Waals surface area contributed by atoms with Crippen molar-refractivity contribution in [2.24, 2.45) is 7.05 Å². The van der Waals surface area contributed by atoms with Gasteiger partial charge in [0.05, 0.1) is 19.2 Å². The highest BCUT2D eigenvalue weighted by Gasteiger charge is 2.13. The van der Waals surface area contributed by atoms with E-state index in [1.165, 1.54) is 6.07 Å². The summed E-state index contributed by atoms with van der Waals surface area (Å²) in [7, 11) is 3.48. The van der Waals surface area contributed by atoms with E-state index in [9.17, 15) is 4.79 Å². The minimum Gasteiger partial charge on any atom is -0.493 e. The maximum Gasteiger partial charge on any atom is 0.206 e. The topological polar surface area (TPSA) is 40.5 Å². The minimum absolute atomic E-state index is 0.0737. The Kier molecular flexibility index (Phi) is 3.29. The zero-order valence-corrected chi connectivity index (χ0v) is 12.3. The van der Waals surface area contributed by atoms with E-state index in [-0.39, 0.29) is 5.43 Å². The Morgan fingerprint density at radius 1 is 1.10 bits per heavy atom. The van der Waals surface area contributed by atoms with Crippen LogP contribution in [0.2, 0.25) is 0 Å². The van der Waals surface area contributed by atoms with E-state index in [4.69, 9.17) is 9.47 Å². The molecule has 4 nitrogen and oxygen atoms in total. The van der Waals surface area contributed by atoms with Crippen LogP contribution < -0.4 is 14.9 Å². The summed E-state index contributed by atoms with van der Waals surface area (Å²) < 4.78 is 12.9. The monoisotopic (exact) mass is 283 g/mol. The Bertz CT molecular complexity index is 880. The Morgan fingerprint density at radius 3 is 2.57 bits per heavy atom. The van der Waals surface area contributed by atoms with Gasteiger partial charge in [-0.15, -0.1) is 0 Å². The zero-order chi connectivity index (χ0) is 15.0. The van der Waals surface area contributed by atoms with E-state index in [0.29, 0.717) is 23.6 Å². The van der Waals surface area contributed by atoms with Gasteiger partial charge >= 0.3 is 0 Å². The molecule has 2 aromatic carbocycles. The van der Waals surface area contributed by atoms with Gasteiger partial charge < -0.3 is 14.0 Å². The molecule has 4 heteroatoms. The van der Waals surface area contributed by atoms with Gasteiger partial charge in [-0.05, 0) is 19.1 Å². The first kappa shape index (κ1) is 13.5. The first-order chi connectivity index (χ1) is 10.2. The fourth-order valence-electron chi connectivity index (χ4n) is 2.76. The van der Waals surface area contributed by atoms with Crippen LogP contribution >= 0.6 is 0 Å². The molecule has 0 aliphatic rings. The lowest BCUT2D eigenvalue weighted by Crippen LogP contribution is -2.02. The molecule has 0 radical (unpaired) electrons. The fourth-order valence-corrected chi connectivity index (χ4v) is 2.76. The highest BCUT2D eigenvalue weighted by Crippen LogP contribution is 2.32. The van der Waals surface area contributed by atoms with Crippen molar-refractivity contribution in [3.05, 3.63) is 46.6 Å². The number of ether oxygens (including phenoxy) is 2. The van der Waals surface area contributed by atoms with Crippen molar-refractivity contribution < 1.29 is 9.47 Å². The van der Waals surface area contributed by atoms with Crippen LogP contribution in [0.15, 0.2) is 41.2 Å². The second-order valence-corrected chi connectivity index (χ2v) is 4.86. The number of para-hydroxylation sites is 1. The van der Waals surface area contributed by atoms with Crippen LogP contribution in [0.1, 0.15) is 6.92 Å². The number of rotatable bonds is 3. The Morgan fingerprint density at radius 2 is 1.86 bits per heavy atom. The van der Waals surface area contributed by atoms with Crippen molar-refractivity contribution >= 4 is 21.8 Å². The molecule has 0 unspecified atom stereocenters. The zero-order valence-electron chi connectivity index (χ0n) is 12.3. The average Bonchev–Trinajstić information content (AvgIpc) is 2.68. The average molecular weight is 283 g/mol. The van der Waals surface area contributed by atoms with Gasteiger partial charge in [0.2, 0.25) is 5.43 Å². The summed E-state index contributed by atoms with van der Waals surface area (Å²) in [5, 5.41) is 1.91. The third kappa shape index (κ3) is 2.03. The van der Waals surface area contributed by atoms with Gasteiger partial charge in [-0.25, -0.2) is 0 Å². The molecular weight excluding hydrogens is 266 g/mol. The van der Waals surface area contributed by atoms with Crippen molar-refractivity contribution in [2.45, 2.75) is 6.92 Å². The van der Waals surface area contributed by atoms with Crippen LogP contribution in [0.25, 0.3) is 21.8 Å². The number of hydrogen-bond acceptors (Lipinski definition) is 3. The van der Waals surface area contributed by atoms with Crippen molar-refractivity contribution in [3.8, 4) is 11.5 Å². The summed E-state index contributed by atoms with van der Waals surface area (Å²) in [6.07, 6.45) is 0. The quantitative estimate of drug-likeness (QED) is 0.741. The first-order valence-corrected chi connectivity index (χ1v) is 6.89. The minimum atomic E-state index is -0.0737. The lowest BCUT2D eigenvalue weighted by Gasteiger charge is -2.05. The second kappa shape index (κ2) is 5.13. The number of hydrogen-bond donors (Lipinski definition) is 0. The van der Waals surface area contributed by atoms with Crippen molar-refractivity contribution in [1.29, 1.82) is 0 Å². The summed E-state index contributed by atoms with van der Waals surface area (Å²) in [5.74, 6) is 1.05. The maximum absolute atomic E-state index is 12.6. The Hall–Kier alpha value is -2.49. The molecule has 0 saturated carbocycles. The molecule has 0 saturated heterocycles. The molecule has 108 valence electrons. The third-order valence-corrected chi connectivity index (χ3v) is 3.68. The molecule has 21 heavy (non-hydrogen) atoms. The molecular formula is C17H17NO3. The molecule has 0 fully saturated rings. The largest absolute Gasteiger partial charge is 0.493 e. The van der Waals surface area contributed by atoms with Gasteiger partial charge in [0, 0.05) is 29.4 Å². The van der Waals surface area contributed by atoms with Crippen molar-refractivity contribution in [1.82, 2.24) is 4.57 Å². The van der Waals surface area contributed by atoms with E-state index in [0.717, 1.165) is 16.3 Å². The van der Waals surface area contributed by atoms with Gasteiger partial charge in [0.1, 0.15) is 0 Å². The van der Waals surface area contributed by atoms with Gasteiger partial charge in [-0.2, -0.15) is 0 Å². The van der Waals surface area contributed by atoms with E-state index in [2.05, 4.69) is 0 Å². The van der Waals surface area contributed by atoms with Crippen LogP contribution in [0.5, 0.6) is 11.5 Å². The number of fused-ring (bicyclic) bond motifs is 3. The first-order valence-electron chi connectivity index (χ1n) is 6.89. The lowest BCUT2D eigenvalue weighted by molar-refractivity contribution is 0.311. The molecule has 0 atom stereocenters. The normalized spacial score (nSPS) is 11.0. The van der Waals surface area contributed by atoms with Crippen molar-refractivity contribution in [3.63, 3.8) is 0 Å². The standard InChI is InChI=1S/C17H17NO3/c1-4-21-16-10-14(19)17-12(9-15(16)20-3)11-7-5-6-8-13(11)18(17)2/h5-10H,4H2,1-3H3. The predicted molar refractivity (Wildman–Crippen MR) is 84.4 cm³/mol. The van der Waals surface area contributed by atoms with Gasteiger partial charge in [-0.3, -0.25) is 4.79 Å². The maximum atomic E-state index is 12.6. The summed E-state index contributed by atoms with van der Waals surface area (Å²) >= 11 is 0. The molecule has 0 amide bonds. The molecule has 3 rings (SSSR count). The second-order valence-electron chi connectivity index (χ2n) is 4.86. The highest BCUT2D eigenvalue weighted by atomic mass is 16.5. The molecule has 0 aliphatic heterocycles.